The van der Waals surface area contributed by atoms with E-state index in [4.69, 9.17) is 5.73 Å². The largest absolute Gasteiger partial charge is 0.327 e. The first-order valence-electron chi connectivity index (χ1n) is 4.74. The highest BCUT2D eigenvalue weighted by molar-refractivity contribution is 7.09. The molecule has 2 nitrogen and oxygen atoms in total. The molecular formula is C10H18N2S. The molecule has 0 aliphatic rings. The molecule has 0 aromatic carbocycles. The first-order valence-corrected chi connectivity index (χ1v) is 5.62. The van der Waals surface area contributed by atoms with Gasteiger partial charge in [-0.05, 0) is 25.7 Å². The molecule has 0 fully saturated rings. The van der Waals surface area contributed by atoms with Gasteiger partial charge in [-0.1, -0.05) is 13.8 Å². The van der Waals surface area contributed by atoms with E-state index in [0.29, 0.717) is 12.0 Å². The van der Waals surface area contributed by atoms with E-state index >= 15 is 0 Å². The quantitative estimate of drug-likeness (QED) is 0.806. The van der Waals surface area contributed by atoms with E-state index in [1.54, 1.807) is 11.3 Å². The summed E-state index contributed by atoms with van der Waals surface area (Å²) in [6.45, 7) is 6.46. The van der Waals surface area contributed by atoms with Crippen LogP contribution in [0.3, 0.4) is 0 Å². The second kappa shape index (κ2) is 4.72. The van der Waals surface area contributed by atoms with Crippen molar-refractivity contribution in [1.29, 1.82) is 0 Å². The Bertz CT molecular complexity index is 255. The summed E-state index contributed by atoms with van der Waals surface area (Å²) >= 11 is 1.71. The fraction of sp³-hybridized carbons (Fsp3) is 0.700. The lowest BCUT2D eigenvalue weighted by molar-refractivity contribution is 0.494. The van der Waals surface area contributed by atoms with Crippen molar-refractivity contribution in [2.24, 2.45) is 11.7 Å². The zero-order valence-electron chi connectivity index (χ0n) is 8.58. The topological polar surface area (TPSA) is 38.9 Å². The smallest absolute Gasteiger partial charge is 0.0797 e. The van der Waals surface area contributed by atoms with Gasteiger partial charge in [-0.25, -0.2) is 4.98 Å². The SMILES string of the molecule is Cc1ncsc1CC(N)CC(C)C. The first kappa shape index (κ1) is 10.7. The lowest BCUT2D eigenvalue weighted by Crippen LogP contribution is -2.24. The zero-order valence-corrected chi connectivity index (χ0v) is 9.40. The van der Waals surface area contributed by atoms with Crippen LogP contribution in [0.25, 0.3) is 0 Å². The lowest BCUT2D eigenvalue weighted by Gasteiger charge is -2.12. The Hall–Kier alpha value is -0.410. The summed E-state index contributed by atoms with van der Waals surface area (Å²) in [5.74, 6) is 0.684. The van der Waals surface area contributed by atoms with E-state index in [1.165, 1.54) is 4.88 Å². The third-order valence-corrected chi connectivity index (χ3v) is 3.02. The van der Waals surface area contributed by atoms with Crippen LogP contribution in [-0.2, 0) is 6.42 Å². The van der Waals surface area contributed by atoms with Crippen LogP contribution in [-0.4, -0.2) is 11.0 Å². The van der Waals surface area contributed by atoms with Crippen molar-refractivity contribution in [2.45, 2.75) is 39.7 Å². The molecule has 0 bridgehead atoms. The normalized spacial score (nSPS) is 13.6. The maximum atomic E-state index is 6.01. The molecule has 0 aliphatic carbocycles. The molecule has 0 amide bonds. The summed E-state index contributed by atoms with van der Waals surface area (Å²) in [6.07, 6.45) is 2.08. The minimum absolute atomic E-state index is 0.291. The average Bonchev–Trinajstić information content (AvgIpc) is 2.34. The van der Waals surface area contributed by atoms with Gasteiger partial charge in [0.1, 0.15) is 0 Å². The van der Waals surface area contributed by atoms with Gasteiger partial charge in [0.15, 0.2) is 0 Å². The predicted molar refractivity (Wildman–Crippen MR) is 58.0 cm³/mol. The van der Waals surface area contributed by atoms with E-state index < -0.39 is 0 Å². The van der Waals surface area contributed by atoms with Crippen molar-refractivity contribution < 1.29 is 0 Å². The maximum Gasteiger partial charge on any atom is 0.0797 e. The Labute approximate surface area is 84.2 Å². The minimum Gasteiger partial charge on any atom is -0.327 e. The van der Waals surface area contributed by atoms with Crippen LogP contribution < -0.4 is 5.73 Å². The monoisotopic (exact) mass is 198 g/mol. The number of aryl methyl sites for hydroxylation is 1. The van der Waals surface area contributed by atoms with Gasteiger partial charge in [-0.2, -0.15) is 0 Å². The second-order valence-electron chi connectivity index (χ2n) is 3.95. The highest BCUT2D eigenvalue weighted by Gasteiger charge is 2.09. The van der Waals surface area contributed by atoms with Crippen molar-refractivity contribution in [3.8, 4) is 0 Å². The van der Waals surface area contributed by atoms with E-state index in [-0.39, 0.29) is 0 Å². The molecule has 1 aromatic rings. The van der Waals surface area contributed by atoms with Gasteiger partial charge < -0.3 is 5.73 Å². The Balaban J connectivity index is 2.45. The molecular weight excluding hydrogens is 180 g/mol. The Kier molecular flexibility index (Phi) is 3.88. The molecule has 1 unspecified atom stereocenters. The number of nitrogens with zero attached hydrogens (tertiary/aromatic N) is 1. The summed E-state index contributed by atoms with van der Waals surface area (Å²) in [4.78, 5) is 5.55. The molecule has 0 radical (unpaired) electrons. The van der Waals surface area contributed by atoms with Crippen molar-refractivity contribution in [3.05, 3.63) is 16.1 Å². The molecule has 1 heterocycles. The van der Waals surface area contributed by atoms with Gasteiger partial charge in [-0.3, -0.25) is 0 Å². The molecule has 2 N–H and O–H groups in total. The summed E-state index contributed by atoms with van der Waals surface area (Å²) in [7, 11) is 0. The molecule has 0 saturated carbocycles. The van der Waals surface area contributed by atoms with E-state index in [1.807, 2.05) is 12.4 Å². The fourth-order valence-electron chi connectivity index (χ4n) is 1.45. The van der Waals surface area contributed by atoms with Gasteiger partial charge in [0.05, 0.1) is 11.2 Å². The number of hydrogen-bond acceptors (Lipinski definition) is 3. The van der Waals surface area contributed by atoms with Gasteiger partial charge in [-0.15, -0.1) is 11.3 Å². The van der Waals surface area contributed by atoms with Crippen LogP contribution in [0.1, 0.15) is 30.8 Å². The molecule has 0 aliphatic heterocycles. The molecule has 0 spiro atoms. The van der Waals surface area contributed by atoms with Gasteiger partial charge in [0.2, 0.25) is 0 Å². The molecule has 1 atom stereocenters. The maximum absolute atomic E-state index is 6.01. The molecule has 1 aromatic heterocycles. The summed E-state index contributed by atoms with van der Waals surface area (Å²) in [6, 6.07) is 0.291. The Morgan fingerprint density at radius 1 is 1.54 bits per heavy atom. The second-order valence-corrected chi connectivity index (χ2v) is 4.89. The minimum atomic E-state index is 0.291. The van der Waals surface area contributed by atoms with Crippen molar-refractivity contribution >= 4 is 11.3 Å². The highest BCUT2D eigenvalue weighted by atomic mass is 32.1. The van der Waals surface area contributed by atoms with Crippen LogP contribution in [0.4, 0.5) is 0 Å². The molecule has 0 saturated heterocycles. The number of rotatable bonds is 4. The number of thiazole rings is 1. The Morgan fingerprint density at radius 2 is 2.23 bits per heavy atom. The van der Waals surface area contributed by atoms with Gasteiger partial charge in [0.25, 0.3) is 0 Å². The zero-order chi connectivity index (χ0) is 9.84. The van der Waals surface area contributed by atoms with Crippen LogP contribution in [0.5, 0.6) is 0 Å². The van der Waals surface area contributed by atoms with Gasteiger partial charge in [0, 0.05) is 10.9 Å². The predicted octanol–water partition coefficient (Wildman–Crippen LogP) is 2.37. The fourth-order valence-corrected chi connectivity index (χ4v) is 2.32. The standard InChI is InChI=1S/C10H18N2S/c1-7(2)4-9(11)5-10-8(3)12-6-13-10/h6-7,9H,4-5,11H2,1-3H3. The van der Waals surface area contributed by atoms with Crippen molar-refractivity contribution in [3.63, 3.8) is 0 Å². The van der Waals surface area contributed by atoms with Gasteiger partial charge >= 0.3 is 0 Å². The Morgan fingerprint density at radius 3 is 2.69 bits per heavy atom. The molecule has 3 heteroatoms. The van der Waals surface area contributed by atoms with E-state index in [2.05, 4.69) is 18.8 Å². The van der Waals surface area contributed by atoms with Crippen LogP contribution in [0.2, 0.25) is 0 Å². The molecule has 1 rings (SSSR count). The molecule has 13 heavy (non-hydrogen) atoms. The summed E-state index contributed by atoms with van der Waals surface area (Å²) < 4.78 is 0. The van der Waals surface area contributed by atoms with E-state index in [0.717, 1.165) is 18.5 Å². The van der Waals surface area contributed by atoms with Crippen molar-refractivity contribution in [1.82, 2.24) is 4.98 Å². The number of nitrogens with two attached hydrogens (primary N) is 1. The summed E-state index contributed by atoms with van der Waals surface area (Å²) in [5, 5.41) is 0. The third kappa shape index (κ3) is 3.44. The van der Waals surface area contributed by atoms with E-state index in [9.17, 15) is 0 Å². The van der Waals surface area contributed by atoms with Crippen LogP contribution in [0, 0.1) is 12.8 Å². The van der Waals surface area contributed by atoms with Crippen LogP contribution >= 0.6 is 11.3 Å². The average molecular weight is 198 g/mol. The number of aromatic nitrogens is 1. The first-order chi connectivity index (χ1) is 6.09. The molecule has 74 valence electrons. The highest BCUT2D eigenvalue weighted by Crippen LogP contribution is 2.16. The lowest BCUT2D eigenvalue weighted by atomic mass is 10.0. The third-order valence-electron chi connectivity index (χ3n) is 2.07. The van der Waals surface area contributed by atoms with Crippen LogP contribution in [0.15, 0.2) is 5.51 Å². The van der Waals surface area contributed by atoms with Crippen molar-refractivity contribution in [2.75, 3.05) is 0 Å². The summed E-state index contributed by atoms with van der Waals surface area (Å²) in [5.41, 5.74) is 9.05. The number of hydrogen-bond donors (Lipinski definition) is 1.